The van der Waals surface area contributed by atoms with Crippen LogP contribution in [0.4, 0.5) is 4.79 Å². The van der Waals surface area contributed by atoms with E-state index in [-0.39, 0.29) is 18.0 Å². The summed E-state index contributed by atoms with van der Waals surface area (Å²) in [5, 5.41) is 5.77. The maximum Gasteiger partial charge on any atom is 0.408 e. The maximum absolute atomic E-state index is 14.2. The number of nitrogens with one attached hydrogen (secondary N) is 2. The summed E-state index contributed by atoms with van der Waals surface area (Å²) < 4.78 is 5.36. The molecule has 2 fully saturated rings. The highest BCUT2D eigenvalue weighted by molar-refractivity contribution is 5.95. The fraction of sp³-hybridized carbons (Fsp3) is 0.655. The van der Waals surface area contributed by atoms with Crippen LogP contribution in [0.2, 0.25) is 0 Å². The van der Waals surface area contributed by atoms with Gasteiger partial charge in [0, 0.05) is 12.1 Å². The van der Waals surface area contributed by atoms with Crippen LogP contribution in [0.5, 0.6) is 0 Å². The summed E-state index contributed by atoms with van der Waals surface area (Å²) in [4.78, 5) is 54.4. The molecular formula is C29H44N4O5. The van der Waals surface area contributed by atoms with Crippen molar-refractivity contribution in [3.8, 4) is 0 Å². The van der Waals surface area contributed by atoms with E-state index in [1.54, 1.807) is 25.7 Å². The number of hydrogen-bond donors (Lipinski definition) is 3. The van der Waals surface area contributed by atoms with Crippen LogP contribution >= 0.6 is 0 Å². The molecule has 4 amide bonds. The van der Waals surface area contributed by atoms with E-state index < -0.39 is 42.0 Å². The van der Waals surface area contributed by atoms with E-state index in [0.29, 0.717) is 0 Å². The molecule has 0 spiro atoms. The second kappa shape index (κ2) is 12.6. The lowest BCUT2D eigenvalue weighted by atomic mass is 9.86. The predicted octanol–water partition coefficient (Wildman–Crippen LogP) is 3.94. The van der Waals surface area contributed by atoms with E-state index in [2.05, 4.69) is 10.6 Å². The van der Waals surface area contributed by atoms with Gasteiger partial charge in [0.2, 0.25) is 17.7 Å². The van der Waals surface area contributed by atoms with Crippen molar-refractivity contribution in [3.63, 3.8) is 0 Å². The third kappa shape index (κ3) is 7.95. The van der Waals surface area contributed by atoms with Crippen LogP contribution in [0.3, 0.4) is 0 Å². The average molecular weight is 529 g/mol. The summed E-state index contributed by atoms with van der Waals surface area (Å²) in [6, 6.07) is 3.59. The van der Waals surface area contributed by atoms with Crippen LogP contribution in [-0.4, -0.2) is 52.4 Å². The molecule has 0 aliphatic heterocycles. The smallest absolute Gasteiger partial charge is 0.408 e. The maximum atomic E-state index is 14.2. The van der Waals surface area contributed by atoms with E-state index in [4.69, 9.17) is 10.5 Å². The van der Waals surface area contributed by atoms with Crippen LogP contribution in [0.1, 0.15) is 101 Å². The zero-order valence-electron chi connectivity index (χ0n) is 23.5. The second-order valence-corrected chi connectivity index (χ2v) is 11.8. The molecule has 2 atom stereocenters. The van der Waals surface area contributed by atoms with Crippen molar-refractivity contribution < 1.29 is 23.9 Å². The minimum absolute atomic E-state index is 0.0588. The fourth-order valence-electron chi connectivity index (χ4n) is 5.21. The monoisotopic (exact) mass is 528 g/mol. The minimum atomic E-state index is -1.25. The van der Waals surface area contributed by atoms with Crippen LogP contribution in [0, 0.1) is 13.8 Å². The van der Waals surface area contributed by atoms with E-state index in [9.17, 15) is 19.2 Å². The van der Waals surface area contributed by atoms with Crippen molar-refractivity contribution >= 4 is 23.8 Å². The number of benzene rings is 1. The summed E-state index contributed by atoms with van der Waals surface area (Å²) in [7, 11) is 0. The van der Waals surface area contributed by atoms with Crippen molar-refractivity contribution in [3.05, 3.63) is 34.9 Å². The number of primary amides is 1. The van der Waals surface area contributed by atoms with Gasteiger partial charge in [0.25, 0.3) is 0 Å². The first-order valence-corrected chi connectivity index (χ1v) is 13.8. The largest absolute Gasteiger partial charge is 0.444 e. The minimum Gasteiger partial charge on any atom is -0.444 e. The van der Waals surface area contributed by atoms with E-state index in [1.807, 2.05) is 32.0 Å². The first kappa shape index (κ1) is 29.5. The Labute approximate surface area is 226 Å². The SMILES string of the molecule is Cc1ccc(C)c(C(C(=O)NC2CCCCC2)N(C(=O)C(CC(N)=O)NC(=O)OC(C)(C)C)C2CCC2)c1. The molecule has 3 rings (SSSR count). The number of hydrogen-bond acceptors (Lipinski definition) is 5. The normalized spacial score (nSPS) is 18.0. The highest BCUT2D eigenvalue weighted by atomic mass is 16.6. The number of alkyl carbamates (subject to hydrolysis) is 1. The molecule has 9 nitrogen and oxygen atoms in total. The molecule has 0 saturated heterocycles. The molecule has 2 aliphatic carbocycles. The Morgan fingerprint density at radius 3 is 2.24 bits per heavy atom. The van der Waals surface area contributed by atoms with Crippen LogP contribution in [-0.2, 0) is 19.1 Å². The van der Waals surface area contributed by atoms with Crippen LogP contribution in [0.15, 0.2) is 18.2 Å². The van der Waals surface area contributed by atoms with Gasteiger partial charge in [0.05, 0.1) is 6.42 Å². The molecule has 0 aromatic heterocycles. The van der Waals surface area contributed by atoms with Crippen molar-refractivity contribution in [2.75, 3.05) is 0 Å². The standard InChI is InChI=1S/C29H44N4O5/c1-18-14-15-19(2)22(16-18)25(26(35)31-20-10-7-6-8-11-20)33(21-12-9-13-21)27(36)23(17-24(30)34)32-28(37)38-29(3,4)5/h14-16,20-21,23,25H,6-13,17H2,1-5H3,(H2,30,34)(H,31,35)(H,32,37). The Hall–Kier alpha value is -3.10. The molecule has 38 heavy (non-hydrogen) atoms. The highest BCUT2D eigenvalue weighted by Gasteiger charge is 2.43. The zero-order chi connectivity index (χ0) is 28.0. The van der Waals surface area contributed by atoms with Crippen LogP contribution < -0.4 is 16.4 Å². The van der Waals surface area contributed by atoms with Gasteiger partial charge in [-0.25, -0.2) is 4.79 Å². The number of aryl methyl sites for hydroxylation is 2. The van der Waals surface area contributed by atoms with Gasteiger partial charge in [-0.05, 0) is 77.8 Å². The van der Waals surface area contributed by atoms with Gasteiger partial charge < -0.3 is 26.0 Å². The second-order valence-electron chi connectivity index (χ2n) is 11.8. The van der Waals surface area contributed by atoms with Gasteiger partial charge >= 0.3 is 6.09 Å². The van der Waals surface area contributed by atoms with Gasteiger partial charge in [-0.1, -0.05) is 43.0 Å². The van der Waals surface area contributed by atoms with Crippen molar-refractivity contribution in [2.45, 2.75) is 122 Å². The number of carbonyl (C=O) groups is 4. The first-order chi connectivity index (χ1) is 17.9. The topological polar surface area (TPSA) is 131 Å². The number of carbonyl (C=O) groups excluding carboxylic acids is 4. The summed E-state index contributed by atoms with van der Waals surface area (Å²) in [6.07, 6.45) is 6.28. The van der Waals surface area contributed by atoms with Gasteiger partial charge in [-0.15, -0.1) is 0 Å². The quantitative estimate of drug-likeness (QED) is 0.447. The van der Waals surface area contributed by atoms with Crippen molar-refractivity contribution in [1.29, 1.82) is 0 Å². The van der Waals surface area contributed by atoms with Gasteiger partial charge in [0.1, 0.15) is 17.7 Å². The molecule has 1 aromatic carbocycles. The molecule has 0 radical (unpaired) electrons. The molecule has 2 saturated carbocycles. The Morgan fingerprint density at radius 2 is 1.68 bits per heavy atom. The number of nitrogens with zero attached hydrogens (tertiary/aromatic N) is 1. The molecule has 0 heterocycles. The number of ether oxygens (including phenoxy) is 1. The third-order valence-corrected chi connectivity index (χ3v) is 7.32. The van der Waals surface area contributed by atoms with E-state index in [0.717, 1.165) is 68.1 Å². The van der Waals surface area contributed by atoms with E-state index in [1.165, 1.54) is 0 Å². The fourth-order valence-corrected chi connectivity index (χ4v) is 5.21. The van der Waals surface area contributed by atoms with Gasteiger partial charge in [-0.2, -0.15) is 0 Å². The van der Waals surface area contributed by atoms with Gasteiger partial charge in [0.15, 0.2) is 0 Å². The van der Waals surface area contributed by atoms with E-state index >= 15 is 0 Å². The van der Waals surface area contributed by atoms with Crippen molar-refractivity contribution in [1.82, 2.24) is 15.5 Å². The average Bonchev–Trinajstić information content (AvgIpc) is 2.78. The zero-order valence-corrected chi connectivity index (χ0v) is 23.5. The first-order valence-electron chi connectivity index (χ1n) is 13.8. The molecule has 2 aliphatic rings. The van der Waals surface area contributed by atoms with Crippen LogP contribution in [0.25, 0.3) is 0 Å². The lowest BCUT2D eigenvalue weighted by Gasteiger charge is -2.44. The molecule has 1 aromatic rings. The predicted molar refractivity (Wildman–Crippen MR) is 145 cm³/mol. The lowest BCUT2D eigenvalue weighted by Crippen LogP contribution is -2.58. The molecule has 0 bridgehead atoms. The number of amides is 4. The summed E-state index contributed by atoms with van der Waals surface area (Å²) in [5.74, 6) is -1.48. The Balaban J connectivity index is 2.01. The number of rotatable bonds is 9. The molecular weight excluding hydrogens is 484 g/mol. The third-order valence-electron chi connectivity index (χ3n) is 7.32. The Bertz CT molecular complexity index is 1020. The molecule has 2 unspecified atom stereocenters. The summed E-state index contributed by atoms with van der Waals surface area (Å²) in [6.45, 7) is 9.02. The van der Waals surface area contributed by atoms with Crippen molar-refractivity contribution in [2.24, 2.45) is 5.73 Å². The molecule has 9 heteroatoms. The Kier molecular flexibility index (Phi) is 9.79. The Morgan fingerprint density at radius 1 is 1.03 bits per heavy atom. The summed E-state index contributed by atoms with van der Waals surface area (Å²) >= 11 is 0. The molecule has 210 valence electrons. The van der Waals surface area contributed by atoms with Gasteiger partial charge in [-0.3, -0.25) is 14.4 Å². The molecule has 4 N–H and O–H groups in total. The number of nitrogens with two attached hydrogens (primary N) is 1. The summed E-state index contributed by atoms with van der Waals surface area (Å²) in [5.41, 5.74) is 7.31. The lowest BCUT2D eigenvalue weighted by molar-refractivity contribution is -0.148. The highest BCUT2D eigenvalue weighted by Crippen LogP contribution is 2.36.